The molecule has 0 aliphatic carbocycles. The Hall–Kier alpha value is -2.24. The zero-order valence-electron chi connectivity index (χ0n) is 14.6. The van der Waals surface area contributed by atoms with Crippen molar-refractivity contribution in [3.8, 4) is 0 Å². The van der Waals surface area contributed by atoms with E-state index in [0.717, 1.165) is 44.8 Å². The molecule has 0 radical (unpaired) electrons. The van der Waals surface area contributed by atoms with Gasteiger partial charge < -0.3 is 9.47 Å². The lowest BCUT2D eigenvalue weighted by molar-refractivity contribution is 0.125. The Labute approximate surface area is 148 Å². The number of hydrogen-bond donors (Lipinski definition) is 0. The summed E-state index contributed by atoms with van der Waals surface area (Å²) in [6, 6.07) is 10.7. The maximum Gasteiger partial charge on any atom is 0.0945 e. The lowest BCUT2D eigenvalue weighted by Crippen LogP contribution is -2.46. The van der Waals surface area contributed by atoms with E-state index in [1.807, 2.05) is 31.0 Å². The van der Waals surface area contributed by atoms with E-state index in [1.165, 1.54) is 23.9 Å². The first-order valence-electron chi connectivity index (χ1n) is 9.11. The Bertz CT molecular complexity index is 785. The van der Waals surface area contributed by atoms with Crippen LogP contribution >= 0.6 is 0 Å². The molecule has 0 amide bonds. The molecule has 0 atom stereocenters. The Kier molecular flexibility index (Phi) is 5.04. The number of imidazole rings is 1. The van der Waals surface area contributed by atoms with E-state index in [-0.39, 0.29) is 0 Å². The van der Waals surface area contributed by atoms with Crippen molar-refractivity contribution in [3.05, 3.63) is 60.8 Å². The van der Waals surface area contributed by atoms with Gasteiger partial charge in [0.15, 0.2) is 0 Å². The molecule has 3 aromatic rings. The van der Waals surface area contributed by atoms with Crippen molar-refractivity contribution in [2.24, 2.45) is 0 Å². The summed E-state index contributed by atoms with van der Waals surface area (Å²) >= 11 is 0. The predicted octanol–water partition coefficient (Wildman–Crippen LogP) is 2.64. The van der Waals surface area contributed by atoms with Gasteiger partial charge in [0.25, 0.3) is 0 Å². The van der Waals surface area contributed by atoms with Gasteiger partial charge in [-0.1, -0.05) is 24.3 Å². The molecule has 0 saturated carbocycles. The topological polar surface area (TPSA) is 37.2 Å². The van der Waals surface area contributed by atoms with Crippen LogP contribution in [0.25, 0.3) is 10.9 Å². The van der Waals surface area contributed by atoms with E-state index in [0.29, 0.717) is 0 Å². The van der Waals surface area contributed by atoms with Crippen molar-refractivity contribution in [2.45, 2.75) is 19.5 Å². The van der Waals surface area contributed by atoms with Crippen molar-refractivity contribution in [1.82, 2.24) is 24.3 Å². The summed E-state index contributed by atoms with van der Waals surface area (Å²) in [7, 11) is 0. The number of pyridine rings is 1. The van der Waals surface area contributed by atoms with Gasteiger partial charge in [0, 0.05) is 63.2 Å². The number of hydrogen-bond acceptors (Lipinski definition) is 4. The molecule has 1 aromatic carbocycles. The number of benzene rings is 1. The summed E-state index contributed by atoms with van der Waals surface area (Å²) in [5.74, 6) is 0. The number of aromatic nitrogens is 3. The van der Waals surface area contributed by atoms with Gasteiger partial charge in [-0.3, -0.25) is 9.88 Å². The van der Waals surface area contributed by atoms with Crippen LogP contribution in [0.5, 0.6) is 0 Å². The fourth-order valence-electron chi connectivity index (χ4n) is 3.60. The lowest BCUT2D eigenvalue weighted by atomic mass is 10.1. The van der Waals surface area contributed by atoms with Gasteiger partial charge in [-0.15, -0.1) is 0 Å². The molecule has 1 aliphatic heterocycles. The average molecular weight is 335 g/mol. The maximum atomic E-state index is 4.58. The first-order valence-corrected chi connectivity index (χ1v) is 9.11. The standard InChI is InChI=1S/C20H25N5/c1-4-18-6-2-7-22-20(18)19(5-1)16-24-14-12-23(13-15-24)9-3-10-25-11-8-21-17-25/h1-2,4-8,11,17H,3,9-10,12-16H2. The van der Waals surface area contributed by atoms with Crippen LogP contribution in [-0.4, -0.2) is 57.1 Å². The molecule has 5 heteroatoms. The van der Waals surface area contributed by atoms with Gasteiger partial charge in [0.1, 0.15) is 0 Å². The van der Waals surface area contributed by atoms with Crippen LogP contribution < -0.4 is 0 Å². The Balaban J connectivity index is 1.27. The molecule has 1 aliphatic rings. The number of rotatable bonds is 6. The Morgan fingerprint density at radius 3 is 2.56 bits per heavy atom. The minimum Gasteiger partial charge on any atom is -0.337 e. The highest BCUT2D eigenvalue weighted by molar-refractivity contribution is 5.81. The summed E-state index contributed by atoms with van der Waals surface area (Å²) in [5, 5.41) is 1.23. The lowest BCUT2D eigenvalue weighted by Gasteiger charge is -2.34. The van der Waals surface area contributed by atoms with E-state index >= 15 is 0 Å². The van der Waals surface area contributed by atoms with Gasteiger partial charge in [-0.25, -0.2) is 4.98 Å². The second kappa shape index (κ2) is 7.76. The highest BCUT2D eigenvalue weighted by Gasteiger charge is 2.17. The highest BCUT2D eigenvalue weighted by Crippen LogP contribution is 2.18. The van der Waals surface area contributed by atoms with Crippen molar-refractivity contribution in [1.29, 1.82) is 0 Å². The molecule has 0 spiro atoms. The molecule has 1 saturated heterocycles. The molecule has 0 bridgehead atoms. The van der Waals surface area contributed by atoms with Gasteiger partial charge >= 0.3 is 0 Å². The van der Waals surface area contributed by atoms with Crippen molar-refractivity contribution in [2.75, 3.05) is 32.7 Å². The molecule has 1 fully saturated rings. The second-order valence-electron chi connectivity index (χ2n) is 6.76. The SMILES string of the molecule is c1cnc2c(CN3CCN(CCCn4ccnc4)CC3)cccc2c1. The second-order valence-corrected chi connectivity index (χ2v) is 6.76. The third-order valence-corrected chi connectivity index (χ3v) is 5.02. The molecule has 0 N–H and O–H groups in total. The third kappa shape index (κ3) is 4.06. The zero-order valence-corrected chi connectivity index (χ0v) is 14.6. The third-order valence-electron chi connectivity index (χ3n) is 5.02. The first kappa shape index (κ1) is 16.2. The van der Waals surface area contributed by atoms with Crippen LogP contribution in [0, 0.1) is 0 Å². The number of para-hydroxylation sites is 1. The molecule has 4 rings (SSSR count). The molecule has 0 unspecified atom stereocenters. The number of aryl methyl sites for hydroxylation is 1. The van der Waals surface area contributed by atoms with E-state index in [1.54, 1.807) is 0 Å². The minimum absolute atomic E-state index is 0.997. The largest absolute Gasteiger partial charge is 0.337 e. The summed E-state index contributed by atoms with van der Waals surface area (Å²) in [5.41, 5.74) is 2.49. The molecule has 130 valence electrons. The smallest absolute Gasteiger partial charge is 0.0945 e. The molecule has 5 nitrogen and oxygen atoms in total. The van der Waals surface area contributed by atoms with Gasteiger partial charge in [0.2, 0.25) is 0 Å². The number of nitrogens with zero attached hydrogens (tertiary/aromatic N) is 5. The van der Waals surface area contributed by atoms with E-state index < -0.39 is 0 Å². The molecule has 3 heterocycles. The van der Waals surface area contributed by atoms with Crippen LogP contribution in [0.4, 0.5) is 0 Å². The maximum absolute atomic E-state index is 4.58. The number of piperazine rings is 1. The van der Waals surface area contributed by atoms with Crippen molar-refractivity contribution < 1.29 is 0 Å². The van der Waals surface area contributed by atoms with Crippen molar-refractivity contribution >= 4 is 10.9 Å². The van der Waals surface area contributed by atoms with Gasteiger partial charge in [-0.2, -0.15) is 0 Å². The minimum atomic E-state index is 0.997. The van der Waals surface area contributed by atoms with Crippen LogP contribution in [0.3, 0.4) is 0 Å². The monoisotopic (exact) mass is 335 g/mol. The zero-order chi connectivity index (χ0) is 16.9. The molecular formula is C20H25N5. The van der Waals surface area contributed by atoms with Crippen LogP contribution in [0.2, 0.25) is 0 Å². The molecule has 2 aromatic heterocycles. The van der Waals surface area contributed by atoms with Gasteiger partial charge in [0.05, 0.1) is 11.8 Å². The summed E-state index contributed by atoms with van der Waals surface area (Å²) in [4.78, 5) is 13.8. The quantitative estimate of drug-likeness (QED) is 0.694. The molecule has 25 heavy (non-hydrogen) atoms. The average Bonchev–Trinajstić information content (AvgIpc) is 3.17. The van der Waals surface area contributed by atoms with Crippen LogP contribution in [0.15, 0.2) is 55.2 Å². The fourth-order valence-corrected chi connectivity index (χ4v) is 3.60. The van der Waals surface area contributed by atoms with Gasteiger partial charge in [-0.05, 0) is 24.6 Å². The van der Waals surface area contributed by atoms with Crippen LogP contribution in [-0.2, 0) is 13.1 Å². The molecular weight excluding hydrogens is 310 g/mol. The summed E-state index contributed by atoms with van der Waals surface area (Å²) < 4.78 is 2.16. The predicted molar refractivity (Wildman–Crippen MR) is 100 cm³/mol. The summed E-state index contributed by atoms with van der Waals surface area (Å²) in [6.07, 6.45) is 8.86. The fraction of sp³-hybridized carbons (Fsp3) is 0.400. The Morgan fingerprint density at radius 2 is 1.72 bits per heavy atom. The van der Waals surface area contributed by atoms with Crippen molar-refractivity contribution in [3.63, 3.8) is 0 Å². The number of fused-ring (bicyclic) bond motifs is 1. The van der Waals surface area contributed by atoms with E-state index in [4.69, 9.17) is 0 Å². The Morgan fingerprint density at radius 1 is 0.880 bits per heavy atom. The normalized spacial score (nSPS) is 16.5. The first-order chi connectivity index (χ1) is 12.4. The van der Waals surface area contributed by atoms with E-state index in [2.05, 4.69) is 48.6 Å². The highest BCUT2D eigenvalue weighted by atomic mass is 15.3. The summed E-state index contributed by atoms with van der Waals surface area (Å²) in [6.45, 7) is 7.80. The van der Waals surface area contributed by atoms with E-state index in [9.17, 15) is 0 Å². The van der Waals surface area contributed by atoms with Crippen LogP contribution in [0.1, 0.15) is 12.0 Å².